The van der Waals surface area contributed by atoms with Crippen molar-refractivity contribution in [2.75, 3.05) is 6.54 Å². The third kappa shape index (κ3) is 1.52. The Kier molecular flexibility index (Phi) is 2.15. The molecule has 78 valence electrons. The van der Waals surface area contributed by atoms with Crippen LogP contribution in [-0.2, 0) is 6.54 Å². The smallest absolute Gasteiger partial charge is 0.0825 e. The highest BCUT2D eigenvalue weighted by molar-refractivity contribution is 7.12. The molecule has 0 amide bonds. The molecule has 3 heterocycles. The van der Waals surface area contributed by atoms with Gasteiger partial charge < -0.3 is 9.88 Å². The number of aryl methyl sites for hydroxylation is 1. The summed E-state index contributed by atoms with van der Waals surface area (Å²) in [5.74, 6) is 0. The van der Waals surface area contributed by atoms with Crippen LogP contribution in [0.3, 0.4) is 0 Å². The summed E-state index contributed by atoms with van der Waals surface area (Å²) in [6.07, 6.45) is 2.17. The van der Waals surface area contributed by atoms with Crippen molar-refractivity contribution in [2.24, 2.45) is 0 Å². The lowest BCUT2D eigenvalue weighted by atomic mass is 10.1. The molecule has 1 N–H and O–H groups in total. The van der Waals surface area contributed by atoms with Crippen molar-refractivity contribution >= 4 is 11.3 Å². The van der Waals surface area contributed by atoms with E-state index in [2.05, 4.69) is 47.3 Å². The second-order valence-corrected chi connectivity index (χ2v) is 5.28. The van der Waals surface area contributed by atoms with Crippen LogP contribution >= 0.6 is 11.3 Å². The molecule has 1 atom stereocenters. The first kappa shape index (κ1) is 9.19. The summed E-state index contributed by atoms with van der Waals surface area (Å²) >= 11 is 1.89. The highest BCUT2D eigenvalue weighted by Gasteiger charge is 2.21. The van der Waals surface area contributed by atoms with E-state index in [0.29, 0.717) is 6.04 Å². The van der Waals surface area contributed by atoms with Gasteiger partial charge in [-0.3, -0.25) is 0 Å². The van der Waals surface area contributed by atoms with Crippen molar-refractivity contribution in [3.8, 4) is 0 Å². The standard InChI is InChI=1S/C12H14N2S/c1-9-4-5-11(15-9)12-10-3-2-7-14(10)8-6-13-12/h2-5,7,12-13H,6,8H2,1H3/t12-/m0/s1. The van der Waals surface area contributed by atoms with E-state index in [1.54, 1.807) is 0 Å². The van der Waals surface area contributed by atoms with E-state index in [1.807, 2.05) is 11.3 Å². The second kappa shape index (κ2) is 3.51. The lowest BCUT2D eigenvalue weighted by Crippen LogP contribution is -2.32. The third-order valence-corrected chi connectivity index (χ3v) is 3.97. The first-order chi connectivity index (χ1) is 7.34. The first-order valence-corrected chi connectivity index (χ1v) is 6.11. The monoisotopic (exact) mass is 218 g/mol. The van der Waals surface area contributed by atoms with Gasteiger partial charge in [0, 0.05) is 34.7 Å². The molecule has 0 saturated heterocycles. The van der Waals surface area contributed by atoms with E-state index in [9.17, 15) is 0 Å². The van der Waals surface area contributed by atoms with Gasteiger partial charge in [0.15, 0.2) is 0 Å². The maximum absolute atomic E-state index is 3.58. The van der Waals surface area contributed by atoms with Crippen LogP contribution in [0.4, 0.5) is 0 Å². The minimum atomic E-state index is 0.396. The number of nitrogens with zero attached hydrogens (tertiary/aromatic N) is 1. The summed E-state index contributed by atoms with van der Waals surface area (Å²) in [4.78, 5) is 2.81. The van der Waals surface area contributed by atoms with E-state index in [4.69, 9.17) is 0 Å². The Balaban J connectivity index is 2.02. The Hall–Kier alpha value is -1.06. The summed E-state index contributed by atoms with van der Waals surface area (Å²) in [6, 6.07) is 9.18. The van der Waals surface area contributed by atoms with Crippen molar-refractivity contribution in [2.45, 2.75) is 19.5 Å². The van der Waals surface area contributed by atoms with Crippen molar-refractivity contribution in [1.82, 2.24) is 9.88 Å². The summed E-state index contributed by atoms with van der Waals surface area (Å²) in [7, 11) is 0. The molecule has 0 spiro atoms. The predicted molar refractivity (Wildman–Crippen MR) is 63.3 cm³/mol. The van der Waals surface area contributed by atoms with Crippen molar-refractivity contribution in [3.63, 3.8) is 0 Å². The quantitative estimate of drug-likeness (QED) is 0.778. The molecule has 0 saturated carbocycles. The number of rotatable bonds is 1. The molecule has 0 bridgehead atoms. The van der Waals surface area contributed by atoms with Crippen LogP contribution in [0.2, 0.25) is 0 Å². The topological polar surface area (TPSA) is 17.0 Å². The van der Waals surface area contributed by atoms with Gasteiger partial charge in [0.2, 0.25) is 0 Å². The molecular weight excluding hydrogens is 204 g/mol. The third-order valence-electron chi connectivity index (χ3n) is 2.91. The van der Waals surface area contributed by atoms with Crippen LogP contribution in [0.5, 0.6) is 0 Å². The predicted octanol–water partition coefficient (Wildman–Crippen LogP) is 2.55. The Morgan fingerprint density at radius 1 is 1.40 bits per heavy atom. The molecule has 15 heavy (non-hydrogen) atoms. The molecule has 0 aromatic carbocycles. The minimum Gasteiger partial charge on any atom is -0.348 e. The van der Waals surface area contributed by atoms with Crippen LogP contribution in [0.15, 0.2) is 30.5 Å². The Morgan fingerprint density at radius 2 is 2.33 bits per heavy atom. The molecule has 0 aliphatic carbocycles. The Labute approximate surface area is 93.6 Å². The molecule has 2 aromatic heterocycles. The van der Waals surface area contributed by atoms with Crippen molar-refractivity contribution in [3.05, 3.63) is 45.9 Å². The van der Waals surface area contributed by atoms with Gasteiger partial charge in [-0.05, 0) is 31.2 Å². The van der Waals surface area contributed by atoms with Gasteiger partial charge in [0.25, 0.3) is 0 Å². The number of hydrogen-bond acceptors (Lipinski definition) is 2. The summed E-state index contributed by atoms with van der Waals surface area (Å²) in [6.45, 7) is 4.31. The van der Waals surface area contributed by atoms with E-state index in [1.165, 1.54) is 15.4 Å². The highest BCUT2D eigenvalue weighted by Crippen LogP contribution is 2.30. The Bertz CT molecular complexity index is 469. The zero-order chi connectivity index (χ0) is 10.3. The van der Waals surface area contributed by atoms with Gasteiger partial charge in [0.05, 0.1) is 6.04 Å². The SMILES string of the molecule is Cc1ccc([C@H]2NCCn3cccc32)s1. The average molecular weight is 218 g/mol. The number of nitrogens with one attached hydrogen (secondary N) is 1. The number of thiophene rings is 1. The van der Waals surface area contributed by atoms with Crippen LogP contribution in [0.1, 0.15) is 21.5 Å². The second-order valence-electron chi connectivity index (χ2n) is 3.96. The van der Waals surface area contributed by atoms with E-state index >= 15 is 0 Å². The normalized spacial score (nSPS) is 20.2. The first-order valence-electron chi connectivity index (χ1n) is 5.29. The summed E-state index contributed by atoms with van der Waals surface area (Å²) < 4.78 is 2.34. The number of aromatic nitrogens is 1. The zero-order valence-electron chi connectivity index (χ0n) is 8.73. The molecule has 0 unspecified atom stereocenters. The number of hydrogen-bond donors (Lipinski definition) is 1. The molecule has 1 aliphatic rings. The molecule has 0 radical (unpaired) electrons. The fourth-order valence-electron chi connectivity index (χ4n) is 2.18. The molecule has 0 fully saturated rings. The fraction of sp³-hybridized carbons (Fsp3) is 0.333. The van der Waals surface area contributed by atoms with E-state index in [0.717, 1.165) is 13.1 Å². The average Bonchev–Trinajstić information content (AvgIpc) is 2.84. The van der Waals surface area contributed by atoms with Crippen LogP contribution in [0.25, 0.3) is 0 Å². The van der Waals surface area contributed by atoms with E-state index < -0.39 is 0 Å². The molecular formula is C12H14N2S. The summed E-state index contributed by atoms with van der Waals surface area (Å²) in [5.41, 5.74) is 1.39. The van der Waals surface area contributed by atoms with Gasteiger partial charge in [0.1, 0.15) is 0 Å². The van der Waals surface area contributed by atoms with Crippen LogP contribution in [-0.4, -0.2) is 11.1 Å². The number of fused-ring (bicyclic) bond motifs is 1. The van der Waals surface area contributed by atoms with Gasteiger partial charge in [-0.15, -0.1) is 11.3 Å². The minimum absolute atomic E-state index is 0.396. The largest absolute Gasteiger partial charge is 0.348 e. The Morgan fingerprint density at radius 3 is 3.13 bits per heavy atom. The molecule has 2 aromatic rings. The maximum atomic E-state index is 3.58. The van der Waals surface area contributed by atoms with Gasteiger partial charge in [-0.1, -0.05) is 0 Å². The lowest BCUT2D eigenvalue weighted by Gasteiger charge is -2.25. The van der Waals surface area contributed by atoms with E-state index in [-0.39, 0.29) is 0 Å². The van der Waals surface area contributed by atoms with Crippen molar-refractivity contribution < 1.29 is 0 Å². The van der Waals surface area contributed by atoms with Crippen LogP contribution in [0, 0.1) is 6.92 Å². The zero-order valence-corrected chi connectivity index (χ0v) is 9.55. The van der Waals surface area contributed by atoms with Crippen molar-refractivity contribution in [1.29, 1.82) is 0 Å². The molecule has 3 heteroatoms. The lowest BCUT2D eigenvalue weighted by molar-refractivity contribution is 0.471. The molecule has 1 aliphatic heterocycles. The van der Waals surface area contributed by atoms with Gasteiger partial charge in [-0.2, -0.15) is 0 Å². The maximum Gasteiger partial charge on any atom is 0.0825 e. The molecule has 2 nitrogen and oxygen atoms in total. The summed E-state index contributed by atoms with van der Waals surface area (Å²) in [5, 5.41) is 3.58. The molecule has 3 rings (SSSR count). The fourth-order valence-corrected chi connectivity index (χ4v) is 3.15. The van der Waals surface area contributed by atoms with Gasteiger partial charge in [-0.25, -0.2) is 0 Å². The van der Waals surface area contributed by atoms with Gasteiger partial charge >= 0.3 is 0 Å². The highest BCUT2D eigenvalue weighted by atomic mass is 32.1. The van der Waals surface area contributed by atoms with Crippen LogP contribution < -0.4 is 5.32 Å².